The number of hydrogen-bond donors (Lipinski definition) is 0. The summed E-state index contributed by atoms with van der Waals surface area (Å²) < 4.78 is 18.6. The number of hydrogen-bond acceptors (Lipinski definition) is 5. The summed E-state index contributed by atoms with van der Waals surface area (Å²) in [6.45, 7) is 6.79. The van der Waals surface area contributed by atoms with Gasteiger partial charge in [-0.05, 0) is 74.7 Å². The monoisotopic (exact) mass is 405 g/mol. The molecule has 0 saturated carbocycles. The first kappa shape index (κ1) is 20.0. The first-order valence-corrected chi connectivity index (χ1v) is 9.98. The molecule has 2 heterocycles. The van der Waals surface area contributed by atoms with Crippen LogP contribution in [0.3, 0.4) is 0 Å². The average Bonchev–Trinajstić information content (AvgIpc) is 2.76. The van der Waals surface area contributed by atoms with Crippen molar-refractivity contribution in [2.75, 3.05) is 18.6 Å². The van der Waals surface area contributed by atoms with E-state index in [1.807, 2.05) is 19.9 Å². The van der Waals surface area contributed by atoms with Crippen LogP contribution in [0.25, 0.3) is 0 Å². The van der Waals surface area contributed by atoms with Gasteiger partial charge in [0.05, 0.1) is 13.2 Å². The average molecular weight is 405 g/mol. The molecular formula is C24H24FN3O2. The topological polar surface area (TPSA) is 55.3 Å². The summed E-state index contributed by atoms with van der Waals surface area (Å²) in [6, 6.07) is 11.7. The van der Waals surface area contributed by atoms with E-state index in [0.29, 0.717) is 5.56 Å². The Labute approximate surface area is 175 Å². The SMILES string of the molecule is COc1ccc2c(c1)C(C)N(c1nc(C(=O)c3ccc(F)cc3)nc(C)c1C)CC2. The van der Waals surface area contributed by atoms with Crippen LogP contribution in [0.2, 0.25) is 0 Å². The van der Waals surface area contributed by atoms with Crippen molar-refractivity contribution in [1.29, 1.82) is 0 Å². The van der Waals surface area contributed by atoms with Gasteiger partial charge in [0.1, 0.15) is 17.4 Å². The van der Waals surface area contributed by atoms with Crippen LogP contribution in [-0.4, -0.2) is 29.4 Å². The summed E-state index contributed by atoms with van der Waals surface area (Å²) in [5.74, 6) is 1.01. The molecule has 5 nitrogen and oxygen atoms in total. The third-order valence-corrected chi connectivity index (χ3v) is 5.84. The Balaban J connectivity index is 1.74. The van der Waals surface area contributed by atoms with E-state index in [-0.39, 0.29) is 23.5 Å². The smallest absolute Gasteiger partial charge is 0.230 e. The number of nitrogens with zero attached hydrogens (tertiary/aromatic N) is 3. The number of aromatic nitrogens is 2. The lowest BCUT2D eigenvalue weighted by Gasteiger charge is -2.37. The van der Waals surface area contributed by atoms with Crippen LogP contribution >= 0.6 is 0 Å². The van der Waals surface area contributed by atoms with Gasteiger partial charge in [-0.25, -0.2) is 14.4 Å². The Morgan fingerprint density at radius 3 is 2.57 bits per heavy atom. The Morgan fingerprint density at radius 1 is 1.13 bits per heavy atom. The van der Waals surface area contributed by atoms with Gasteiger partial charge in [0.25, 0.3) is 0 Å². The quantitative estimate of drug-likeness (QED) is 0.594. The predicted molar refractivity (Wildman–Crippen MR) is 114 cm³/mol. The first-order chi connectivity index (χ1) is 14.4. The molecule has 0 saturated heterocycles. The molecule has 0 N–H and O–H groups in total. The maximum absolute atomic E-state index is 13.2. The highest BCUT2D eigenvalue weighted by atomic mass is 19.1. The highest BCUT2D eigenvalue weighted by Crippen LogP contribution is 2.36. The maximum Gasteiger partial charge on any atom is 0.230 e. The number of methoxy groups -OCH3 is 1. The molecular weight excluding hydrogens is 381 g/mol. The van der Waals surface area contributed by atoms with Crippen molar-refractivity contribution in [3.63, 3.8) is 0 Å². The van der Waals surface area contributed by atoms with Crippen LogP contribution in [0.15, 0.2) is 42.5 Å². The molecule has 1 aliphatic rings. The molecule has 0 aliphatic carbocycles. The number of ketones is 1. The van der Waals surface area contributed by atoms with E-state index in [0.717, 1.165) is 35.8 Å². The number of rotatable bonds is 4. The highest BCUT2D eigenvalue weighted by molar-refractivity contribution is 6.06. The van der Waals surface area contributed by atoms with Gasteiger partial charge in [-0.2, -0.15) is 0 Å². The number of anilines is 1. The number of ether oxygens (including phenoxy) is 1. The van der Waals surface area contributed by atoms with E-state index in [2.05, 4.69) is 33.9 Å². The zero-order chi connectivity index (χ0) is 21.4. The normalized spacial score (nSPS) is 15.6. The number of fused-ring (bicyclic) bond motifs is 1. The number of halogens is 1. The van der Waals surface area contributed by atoms with Gasteiger partial charge >= 0.3 is 0 Å². The second-order valence-electron chi connectivity index (χ2n) is 7.60. The summed E-state index contributed by atoms with van der Waals surface area (Å²) in [5.41, 5.74) is 4.57. The van der Waals surface area contributed by atoms with Gasteiger partial charge in [-0.3, -0.25) is 4.79 Å². The molecule has 0 radical (unpaired) electrons. The van der Waals surface area contributed by atoms with Gasteiger partial charge in [0.15, 0.2) is 0 Å². The van der Waals surface area contributed by atoms with Gasteiger partial charge < -0.3 is 9.64 Å². The van der Waals surface area contributed by atoms with E-state index < -0.39 is 0 Å². The second kappa shape index (κ2) is 7.86. The molecule has 4 rings (SSSR count). The fourth-order valence-electron chi connectivity index (χ4n) is 3.93. The molecule has 1 unspecified atom stereocenters. The predicted octanol–water partition coefficient (Wildman–Crippen LogP) is 4.60. The lowest BCUT2D eigenvalue weighted by molar-refractivity contribution is 0.102. The minimum atomic E-state index is -0.385. The van der Waals surface area contributed by atoms with Gasteiger partial charge in [-0.1, -0.05) is 6.07 Å². The lowest BCUT2D eigenvalue weighted by atomic mass is 9.93. The molecule has 1 atom stereocenters. The minimum absolute atomic E-state index is 0.0747. The first-order valence-electron chi connectivity index (χ1n) is 9.98. The maximum atomic E-state index is 13.2. The van der Waals surface area contributed by atoms with Crippen LogP contribution in [-0.2, 0) is 6.42 Å². The fourth-order valence-corrected chi connectivity index (χ4v) is 3.93. The van der Waals surface area contributed by atoms with Gasteiger partial charge in [-0.15, -0.1) is 0 Å². The van der Waals surface area contributed by atoms with Crippen LogP contribution in [0.4, 0.5) is 10.2 Å². The zero-order valence-electron chi connectivity index (χ0n) is 17.6. The molecule has 6 heteroatoms. The van der Waals surface area contributed by atoms with Crippen LogP contribution < -0.4 is 9.64 Å². The summed E-state index contributed by atoms with van der Waals surface area (Å²) in [7, 11) is 1.66. The van der Waals surface area contributed by atoms with E-state index in [1.54, 1.807) is 7.11 Å². The molecule has 1 aromatic heterocycles. The molecule has 0 fully saturated rings. The van der Waals surface area contributed by atoms with Gasteiger partial charge in [0, 0.05) is 23.4 Å². The van der Waals surface area contributed by atoms with Crippen molar-refractivity contribution >= 4 is 11.6 Å². The zero-order valence-corrected chi connectivity index (χ0v) is 17.6. The molecule has 0 amide bonds. The summed E-state index contributed by atoms with van der Waals surface area (Å²) in [6.07, 6.45) is 0.882. The molecule has 2 aromatic carbocycles. The van der Waals surface area contributed by atoms with Gasteiger partial charge in [0.2, 0.25) is 11.6 Å². The standard InChI is InChI=1S/C24H24FN3O2/c1-14-15(2)26-23(22(29)18-5-8-19(25)9-6-18)27-24(14)28-12-11-17-7-10-20(30-4)13-21(17)16(28)3/h5-10,13,16H,11-12H2,1-4H3. The third kappa shape index (κ3) is 3.54. The number of benzene rings is 2. The Morgan fingerprint density at radius 2 is 1.87 bits per heavy atom. The molecule has 154 valence electrons. The lowest BCUT2D eigenvalue weighted by Crippen LogP contribution is -2.35. The molecule has 0 spiro atoms. The van der Waals surface area contributed by atoms with E-state index in [4.69, 9.17) is 4.74 Å². The highest BCUT2D eigenvalue weighted by Gasteiger charge is 2.28. The van der Waals surface area contributed by atoms with Crippen LogP contribution in [0.1, 0.15) is 51.5 Å². The van der Waals surface area contributed by atoms with Crippen molar-refractivity contribution in [3.8, 4) is 5.75 Å². The summed E-state index contributed by atoms with van der Waals surface area (Å²) >= 11 is 0. The number of aryl methyl sites for hydroxylation is 1. The fraction of sp³-hybridized carbons (Fsp3) is 0.292. The number of carbonyl (C=O) groups excluding carboxylic acids is 1. The molecule has 30 heavy (non-hydrogen) atoms. The van der Waals surface area contributed by atoms with E-state index in [1.165, 1.54) is 35.4 Å². The Hall–Kier alpha value is -3.28. The van der Waals surface area contributed by atoms with Crippen molar-refractivity contribution in [2.45, 2.75) is 33.2 Å². The van der Waals surface area contributed by atoms with Crippen LogP contribution in [0.5, 0.6) is 5.75 Å². The van der Waals surface area contributed by atoms with Crippen molar-refractivity contribution in [1.82, 2.24) is 9.97 Å². The molecule has 1 aliphatic heterocycles. The summed E-state index contributed by atoms with van der Waals surface area (Å²) in [5, 5.41) is 0. The largest absolute Gasteiger partial charge is 0.497 e. The van der Waals surface area contributed by atoms with Crippen molar-refractivity contribution in [3.05, 3.63) is 82.1 Å². The summed E-state index contributed by atoms with van der Waals surface area (Å²) in [4.78, 5) is 24.2. The molecule has 0 bridgehead atoms. The Kier molecular flexibility index (Phi) is 5.24. The van der Waals surface area contributed by atoms with Crippen molar-refractivity contribution in [2.24, 2.45) is 0 Å². The minimum Gasteiger partial charge on any atom is -0.497 e. The van der Waals surface area contributed by atoms with E-state index in [9.17, 15) is 9.18 Å². The molecule has 3 aromatic rings. The van der Waals surface area contributed by atoms with E-state index >= 15 is 0 Å². The number of carbonyl (C=O) groups is 1. The second-order valence-corrected chi connectivity index (χ2v) is 7.60. The Bertz CT molecular complexity index is 1110. The van der Waals surface area contributed by atoms with Crippen molar-refractivity contribution < 1.29 is 13.9 Å². The third-order valence-electron chi connectivity index (χ3n) is 5.84. The van der Waals surface area contributed by atoms with Crippen LogP contribution in [0, 0.1) is 19.7 Å².